The van der Waals surface area contributed by atoms with Crippen molar-refractivity contribution < 1.29 is 26.4 Å². The Kier molecular flexibility index (Phi) is 6.49. The summed E-state index contributed by atoms with van der Waals surface area (Å²) in [5.41, 5.74) is 0.504. The van der Waals surface area contributed by atoms with Crippen molar-refractivity contribution >= 4 is 48.9 Å². The van der Waals surface area contributed by atoms with Gasteiger partial charge in [0.25, 0.3) is 15.9 Å². The maximum absolute atomic E-state index is 13.6. The van der Waals surface area contributed by atoms with Crippen LogP contribution >= 0.6 is 27.3 Å². The Morgan fingerprint density at radius 3 is 2.50 bits per heavy atom. The van der Waals surface area contributed by atoms with E-state index in [-0.39, 0.29) is 35.1 Å². The maximum atomic E-state index is 13.6. The van der Waals surface area contributed by atoms with Crippen molar-refractivity contribution in [3.05, 3.63) is 45.2 Å². The normalized spacial score (nSPS) is 18.5. The van der Waals surface area contributed by atoms with E-state index < -0.39 is 33.7 Å². The van der Waals surface area contributed by atoms with Gasteiger partial charge in [0.05, 0.1) is 9.35 Å². The number of nitrogens with zero attached hydrogens (tertiary/aromatic N) is 2. The Bertz CT molecular complexity index is 1060. The van der Waals surface area contributed by atoms with E-state index in [1.165, 1.54) is 27.4 Å². The highest BCUT2D eigenvalue weighted by Gasteiger charge is 2.39. The lowest BCUT2D eigenvalue weighted by Gasteiger charge is -2.40. The first-order valence-corrected chi connectivity index (χ1v) is 11.7. The number of nitrogens with one attached hydrogen (secondary N) is 1. The molecule has 1 aromatic heterocycles. The molecule has 13 heteroatoms. The Morgan fingerprint density at radius 2 is 1.97 bits per heavy atom. The van der Waals surface area contributed by atoms with Crippen molar-refractivity contribution in [1.29, 1.82) is 0 Å². The first kappa shape index (κ1) is 23.0. The van der Waals surface area contributed by atoms with Gasteiger partial charge < -0.3 is 4.90 Å². The number of rotatable bonds is 4. The Labute approximate surface area is 183 Å². The maximum Gasteiger partial charge on any atom is 0.418 e. The number of nitrogen functional groups attached to an aromatic ring is 1. The van der Waals surface area contributed by atoms with Crippen molar-refractivity contribution in [2.75, 3.05) is 24.5 Å². The monoisotopic (exact) mass is 526 g/mol. The van der Waals surface area contributed by atoms with Crippen LogP contribution in [0.1, 0.15) is 22.8 Å². The Morgan fingerprint density at radius 1 is 1.27 bits per heavy atom. The second kappa shape index (κ2) is 8.46. The lowest BCUT2D eigenvalue weighted by molar-refractivity contribution is -0.137. The zero-order chi connectivity index (χ0) is 22.3. The third-order valence-corrected chi connectivity index (χ3v) is 8.82. The Balaban J connectivity index is 1.89. The number of anilines is 1. The highest BCUT2D eigenvalue weighted by Crippen LogP contribution is 2.38. The van der Waals surface area contributed by atoms with Gasteiger partial charge in [-0.15, -0.1) is 11.3 Å². The summed E-state index contributed by atoms with van der Waals surface area (Å²) in [5.74, 6) is 4.18. The number of alkyl halides is 3. The molecule has 3 N–H and O–H groups in total. The number of nitrogens with two attached hydrogens (primary N) is 1. The molecule has 1 atom stereocenters. The summed E-state index contributed by atoms with van der Waals surface area (Å²) in [6.45, 7) is 1.82. The molecule has 3 rings (SSSR count). The van der Waals surface area contributed by atoms with E-state index in [1.807, 2.05) is 5.43 Å². The summed E-state index contributed by atoms with van der Waals surface area (Å²) < 4.78 is 68.8. The fraction of sp³-hybridized carbons (Fsp3) is 0.353. The molecule has 1 aromatic carbocycles. The minimum Gasteiger partial charge on any atom is -0.368 e. The van der Waals surface area contributed by atoms with Gasteiger partial charge >= 0.3 is 6.18 Å². The zero-order valence-electron chi connectivity index (χ0n) is 15.6. The molecule has 1 unspecified atom stereocenters. The third-order valence-electron chi connectivity index (χ3n) is 4.71. The van der Waals surface area contributed by atoms with Gasteiger partial charge in [-0.25, -0.2) is 14.3 Å². The van der Waals surface area contributed by atoms with Crippen LogP contribution < -0.4 is 16.2 Å². The molecule has 0 saturated carbocycles. The highest BCUT2D eigenvalue weighted by atomic mass is 79.9. The average Bonchev–Trinajstić information content (AvgIpc) is 3.13. The quantitative estimate of drug-likeness (QED) is 0.362. The largest absolute Gasteiger partial charge is 0.418 e. The molecule has 1 saturated heterocycles. The molecule has 0 spiro atoms. The number of hydrazine groups is 1. The predicted octanol–water partition coefficient (Wildman–Crippen LogP) is 3.03. The highest BCUT2D eigenvalue weighted by molar-refractivity contribution is 9.11. The van der Waals surface area contributed by atoms with E-state index in [1.54, 1.807) is 13.0 Å². The van der Waals surface area contributed by atoms with Gasteiger partial charge in [-0.05, 0) is 53.2 Å². The fourth-order valence-electron chi connectivity index (χ4n) is 3.33. The SMILES string of the molecule is CC1CN(c2ccc(C(=O)NN)cc2C(F)(F)F)CCN1S(=O)(=O)c1ccc(Br)s1. The molecule has 1 amide bonds. The van der Waals surface area contributed by atoms with Crippen molar-refractivity contribution in [2.45, 2.75) is 23.4 Å². The van der Waals surface area contributed by atoms with Gasteiger partial charge in [0, 0.05) is 36.9 Å². The summed E-state index contributed by atoms with van der Waals surface area (Å²) in [6, 6.07) is 5.77. The summed E-state index contributed by atoms with van der Waals surface area (Å²) in [7, 11) is -3.75. The van der Waals surface area contributed by atoms with Crippen LogP contribution in [-0.4, -0.2) is 44.3 Å². The molecule has 1 fully saturated rings. The van der Waals surface area contributed by atoms with Crippen LogP contribution in [0.25, 0.3) is 0 Å². The third kappa shape index (κ3) is 4.49. The molecule has 0 radical (unpaired) electrons. The fourth-order valence-corrected chi connectivity index (χ4v) is 7.08. The number of halogens is 4. The van der Waals surface area contributed by atoms with Gasteiger partial charge in [0.15, 0.2) is 0 Å². The van der Waals surface area contributed by atoms with E-state index in [2.05, 4.69) is 15.9 Å². The van der Waals surface area contributed by atoms with Crippen molar-refractivity contribution in [2.24, 2.45) is 5.84 Å². The summed E-state index contributed by atoms with van der Waals surface area (Å²) in [6.07, 6.45) is -4.70. The van der Waals surface area contributed by atoms with Crippen molar-refractivity contribution in [3.8, 4) is 0 Å². The number of hydrogen-bond donors (Lipinski definition) is 2. The van der Waals surface area contributed by atoms with Crippen LogP contribution in [0.2, 0.25) is 0 Å². The summed E-state index contributed by atoms with van der Waals surface area (Å²) in [5, 5.41) is 0. The van der Waals surface area contributed by atoms with Gasteiger partial charge in [0.2, 0.25) is 0 Å². The zero-order valence-corrected chi connectivity index (χ0v) is 18.8. The van der Waals surface area contributed by atoms with Gasteiger partial charge in [-0.3, -0.25) is 10.2 Å². The average molecular weight is 527 g/mol. The van der Waals surface area contributed by atoms with E-state index in [9.17, 15) is 26.4 Å². The Hall–Kier alpha value is -1.67. The predicted molar refractivity (Wildman–Crippen MR) is 111 cm³/mol. The van der Waals surface area contributed by atoms with Crippen LogP contribution in [0, 0.1) is 0 Å². The minimum atomic E-state index is -4.70. The van der Waals surface area contributed by atoms with Crippen LogP contribution in [0.5, 0.6) is 0 Å². The van der Waals surface area contributed by atoms with E-state index in [0.717, 1.165) is 17.4 Å². The number of piperazine rings is 1. The van der Waals surface area contributed by atoms with Crippen LogP contribution in [0.4, 0.5) is 18.9 Å². The molecule has 2 heterocycles. The van der Waals surface area contributed by atoms with Crippen LogP contribution in [-0.2, 0) is 16.2 Å². The van der Waals surface area contributed by atoms with E-state index in [4.69, 9.17) is 5.84 Å². The number of benzene rings is 1. The molecule has 0 aliphatic carbocycles. The smallest absolute Gasteiger partial charge is 0.368 e. The molecule has 1 aliphatic heterocycles. The summed E-state index contributed by atoms with van der Waals surface area (Å²) >= 11 is 4.31. The van der Waals surface area contributed by atoms with Crippen LogP contribution in [0.3, 0.4) is 0 Å². The van der Waals surface area contributed by atoms with E-state index >= 15 is 0 Å². The topological polar surface area (TPSA) is 95.7 Å². The van der Waals surface area contributed by atoms with Crippen LogP contribution in [0.15, 0.2) is 38.3 Å². The minimum absolute atomic E-state index is 0.0291. The number of hydrogen-bond acceptors (Lipinski definition) is 6. The van der Waals surface area contributed by atoms with Crippen molar-refractivity contribution in [3.63, 3.8) is 0 Å². The molecule has 7 nitrogen and oxygen atoms in total. The lowest BCUT2D eigenvalue weighted by Crippen LogP contribution is -2.54. The number of thiophene rings is 1. The molecule has 164 valence electrons. The lowest BCUT2D eigenvalue weighted by atomic mass is 10.0. The van der Waals surface area contributed by atoms with E-state index in [0.29, 0.717) is 3.79 Å². The first-order valence-electron chi connectivity index (χ1n) is 8.69. The molecular weight excluding hydrogens is 509 g/mol. The second-order valence-electron chi connectivity index (χ2n) is 6.67. The molecule has 30 heavy (non-hydrogen) atoms. The number of carbonyl (C=O) groups is 1. The number of carbonyl (C=O) groups excluding carboxylic acids is 1. The molecule has 1 aliphatic rings. The van der Waals surface area contributed by atoms with Gasteiger partial charge in [-0.1, -0.05) is 0 Å². The van der Waals surface area contributed by atoms with Gasteiger partial charge in [-0.2, -0.15) is 17.5 Å². The standard InChI is InChI=1S/C17H18BrF3N4O3S2/c1-10-9-24(6-7-25(10)30(27,28)15-5-4-14(18)29-15)13-3-2-11(16(26)23-22)8-12(13)17(19,20)21/h2-5,8,10H,6-7,9,22H2,1H3,(H,23,26). The number of sulfonamides is 1. The number of amides is 1. The summed E-state index contributed by atoms with van der Waals surface area (Å²) in [4.78, 5) is 13.1. The molecular formula is C17H18BrF3N4O3S2. The van der Waals surface area contributed by atoms with Gasteiger partial charge in [0.1, 0.15) is 4.21 Å². The second-order valence-corrected chi connectivity index (χ2v) is 11.3. The first-order chi connectivity index (χ1) is 13.9. The molecule has 0 bridgehead atoms. The van der Waals surface area contributed by atoms with Crippen molar-refractivity contribution in [1.82, 2.24) is 9.73 Å². The molecule has 2 aromatic rings.